The Kier molecular flexibility index (Phi) is 3.56. The molecule has 0 N–H and O–H groups in total. The number of alkyl halides is 1. The largest absolute Gasteiger partial charge is 0.493 e. The molecular formula is C11H11BrN2O2. The molecule has 0 spiro atoms. The third-order valence-corrected chi connectivity index (χ3v) is 2.45. The number of nitrogens with zero attached hydrogens (tertiary/aromatic N) is 2. The normalized spacial score (nSPS) is 10.4. The maximum Gasteiger partial charge on any atom is 0.163 e. The number of hydrogen-bond acceptors (Lipinski definition) is 4. The molecule has 5 heteroatoms. The minimum absolute atomic E-state index is 0.590. The fourth-order valence-electron chi connectivity index (χ4n) is 1.41. The average molecular weight is 283 g/mol. The summed E-state index contributed by atoms with van der Waals surface area (Å²) >= 11 is 3.31. The Morgan fingerprint density at radius 3 is 2.94 bits per heavy atom. The van der Waals surface area contributed by atoms with Gasteiger partial charge in [-0.25, -0.2) is 9.97 Å². The van der Waals surface area contributed by atoms with Gasteiger partial charge in [-0.15, -0.1) is 0 Å². The molecule has 16 heavy (non-hydrogen) atoms. The van der Waals surface area contributed by atoms with Crippen molar-refractivity contribution in [3.8, 4) is 11.5 Å². The minimum Gasteiger partial charge on any atom is -0.493 e. The fraction of sp³-hybridized carbons (Fsp3) is 0.273. The number of rotatable bonds is 4. The Morgan fingerprint density at radius 1 is 1.31 bits per heavy atom. The van der Waals surface area contributed by atoms with Crippen LogP contribution >= 0.6 is 15.9 Å². The van der Waals surface area contributed by atoms with Crippen molar-refractivity contribution in [3.63, 3.8) is 0 Å². The van der Waals surface area contributed by atoms with Gasteiger partial charge in [0, 0.05) is 23.0 Å². The van der Waals surface area contributed by atoms with Crippen molar-refractivity contribution in [2.24, 2.45) is 0 Å². The molecule has 84 valence electrons. The Balaban J connectivity index is 2.45. The van der Waals surface area contributed by atoms with Crippen molar-refractivity contribution in [1.82, 2.24) is 9.97 Å². The summed E-state index contributed by atoms with van der Waals surface area (Å²) in [4.78, 5) is 8.13. The third kappa shape index (κ3) is 2.24. The molecule has 0 unspecified atom stereocenters. The van der Waals surface area contributed by atoms with Gasteiger partial charge in [0.05, 0.1) is 19.2 Å². The smallest absolute Gasteiger partial charge is 0.163 e. The highest BCUT2D eigenvalue weighted by atomic mass is 79.9. The summed E-state index contributed by atoms with van der Waals surface area (Å²) < 4.78 is 10.8. The summed E-state index contributed by atoms with van der Waals surface area (Å²) in [5.74, 6) is 1.40. The Bertz CT molecular complexity index is 490. The minimum atomic E-state index is 0.590. The second-order valence-corrected chi connectivity index (χ2v) is 3.92. The van der Waals surface area contributed by atoms with Gasteiger partial charge in [0.25, 0.3) is 0 Å². The molecule has 2 aromatic rings. The van der Waals surface area contributed by atoms with Crippen molar-refractivity contribution >= 4 is 26.8 Å². The molecule has 0 saturated carbocycles. The van der Waals surface area contributed by atoms with Crippen LogP contribution in [0.4, 0.5) is 0 Å². The van der Waals surface area contributed by atoms with E-state index < -0.39 is 0 Å². The molecule has 0 saturated heterocycles. The van der Waals surface area contributed by atoms with Gasteiger partial charge >= 0.3 is 0 Å². The molecule has 1 heterocycles. The van der Waals surface area contributed by atoms with E-state index >= 15 is 0 Å². The Morgan fingerprint density at radius 2 is 2.19 bits per heavy atom. The second-order valence-electron chi connectivity index (χ2n) is 3.12. The van der Waals surface area contributed by atoms with Crippen LogP contribution in [0.2, 0.25) is 0 Å². The van der Waals surface area contributed by atoms with Gasteiger partial charge in [-0.05, 0) is 6.07 Å². The molecule has 1 aromatic heterocycles. The summed E-state index contributed by atoms with van der Waals surface area (Å²) in [6, 6.07) is 3.73. The van der Waals surface area contributed by atoms with Gasteiger partial charge in [-0.1, -0.05) is 15.9 Å². The monoisotopic (exact) mass is 282 g/mol. The molecule has 0 aliphatic rings. The summed E-state index contributed by atoms with van der Waals surface area (Å²) in [6.07, 6.45) is 3.27. The molecule has 0 fully saturated rings. The Labute approximate surface area is 102 Å². The van der Waals surface area contributed by atoms with Gasteiger partial charge in [-0.2, -0.15) is 0 Å². The first-order valence-electron chi connectivity index (χ1n) is 4.81. The zero-order valence-corrected chi connectivity index (χ0v) is 10.4. The predicted octanol–water partition coefficient (Wildman–Crippen LogP) is 2.41. The number of aromatic nitrogens is 2. The molecule has 1 aromatic carbocycles. The van der Waals surface area contributed by atoms with Crippen LogP contribution in [-0.2, 0) is 0 Å². The predicted molar refractivity (Wildman–Crippen MR) is 65.4 cm³/mol. The number of fused-ring (bicyclic) bond motifs is 1. The average Bonchev–Trinajstić information content (AvgIpc) is 2.35. The molecule has 0 amide bonds. The second kappa shape index (κ2) is 5.12. The van der Waals surface area contributed by atoms with E-state index in [1.165, 1.54) is 6.33 Å². The van der Waals surface area contributed by atoms with Crippen LogP contribution in [0.1, 0.15) is 0 Å². The standard InChI is InChI=1S/C11H11BrN2O2/c1-15-10-4-8-6-13-7-14-9(8)5-11(10)16-3-2-12/h4-7H,2-3H2,1H3. The van der Waals surface area contributed by atoms with Crippen LogP contribution in [0.5, 0.6) is 11.5 Å². The van der Waals surface area contributed by atoms with Gasteiger partial charge in [0.2, 0.25) is 0 Å². The van der Waals surface area contributed by atoms with Crippen molar-refractivity contribution in [1.29, 1.82) is 0 Å². The lowest BCUT2D eigenvalue weighted by atomic mass is 10.2. The first kappa shape index (κ1) is 11.1. The van der Waals surface area contributed by atoms with E-state index in [-0.39, 0.29) is 0 Å². The van der Waals surface area contributed by atoms with Gasteiger partial charge in [0.1, 0.15) is 6.33 Å². The number of methoxy groups -OCH3 is 1. The van der Waals surface area contributed by atoms with Crippen LogP contribution in [-0.4, -0.2) is 29.0 Å². The maximum atomic E-state index is 5.55. The van der Waals surface area contributed by atoms with E-state index in [4.69, 9.17) is 9.47 Å². The maximum absolute atomic E-state index is 5.55. The molecule has 0 aliphatic heterocycles. The van der Waals surface area contributed by atoms with E-state index in [0.29, 0.717) is 18.1 Å². The SMILES string of the molecule is COc1cc2cncnc2cc1OCCBr. The van der Waals surface area contributed by atoms with Gasteiger partial charge < -0.3 is 9.47 Å². The summed E-state index contributed by atoms with van der Waals surface area (Å²) in [5.41, 5.74) is 0.848. The lowest BCUT2D eigenvalue weighted by Gasteiger charge is -2.10. The van der Waals surface area contributed by atoms with Crippen molar-refractivity contribution < 1.29 is 9.47 Å². The fourth-order valence-corrected chi connectivity index (χ4v) is 1.57. The van der Waals surface area contributed by atoms with Crippen LogP contribution in [0, 0.1) is 0 Å². The van der Waals surface area contributed by atoms with E-state index in [1.54, 1.807) is 13.3 Å². The van der Waals surface area contributed by atoms with Crippen LogP contribution in [0.3, 0.4) is 0 Å². The van der Waals surface area contributed by atoms with Gasteiger partial charge in [-0.3, -0.25) is 0 Å². The summed E-state index contributed by atoms with van der Waals surface area (Å²) in [6.45, 7) is 0.590. The number of halogens is 1. The molecular weight excluding hydrogens is 272 g/mol. The van der Waals surface area contributed by atoms with Crippen molar-refractivity contribution in [2.75, 3.05) is 19.0 Å². The zero-order valence-electron chi connectivity index (χ0n) is 8.81. The lowest BCUT2D eigenvalue weighted by molar-refractivity contribution is 0.315. The number of hydrogen-bond donors (Lipinski definition) is 0. The highest BCUT2D eigenvalue weighted by Gasteiger charge is 2.07. The van der Waals surface area contributed by atoms with Crippen molar-refractivity contribution in [3.05, 3.63) is 24.7 Å². The van der Waals surface area contributed by atoms with Crippen LogP contribution in [0.25, 0.3) is 10.9 Å². The van der Waals surface area contributed by atoms with E-state index in [1.807, 2.05) is 12.1 Å². The number of ether oxygens (including phenoxy) is 2. The third-order valence-electron chi connectivity index (χ3n) is 2.12. The van der Waals surface area contributed by atoms with E-state index in [9.17, 15) is 0 Å². The number of benzene rings is 1. The van der Waals surface area contributed by atoms with E-state index in [2.05, 4.69) is 25.9 Å². The van der Waals surface area contributed by atoms with E-state index in [0.717, 1.165) is 16.2 Å². The topological polar surface area (TPSA) is 44.2 Å². The summed E-state index contributed by atoms with van der Waals surface area (Å²) in [7, 11) is 1.62. The van der Waals surface area contributed by atoms with Gasteiger partial charge in [0.15, 0.2) is 11.5 Å². The zero-order chi connectivity index (χ0) is 11.4. The molecule has 2 rings (SSSR count). The Hall–Kier alpha value is -1.36. The highest BCUT2D eigenvalue weighted by molar-refractivity contribution is 9.09. The highest BCUT2D eigenvalue weighted by Crippen LogP contribution is 2.31. The first-order valence-corrected chi connectivity index (χ1v) is 5.94. The molecule has 0 bridgehead atoms. The quantitative estimate of drug-likeness (QED) is 0.808. The summed E-state index contributed by atoms with van der Waals surface area (Å²) in [5, 5.41) is 1.71. The first-order chi connectivity index (χ1) is 7.85. The molecule has 0 radical (unpaired) electrons. The molecule has 4 nitrogen and oxygen atoms in total. The molecule has 0 aliphatic carbocycles. The van der Waals surface area contributed by atoms with Crippen LogP contribution in [0.15, 0.2) is 24.7 Å². The molecule has 0 atom stereocenters. The lowest BCUT2D eigenvalue weighted by Crippen LogP contribution is -2.00. The van der Waals surface area contributed by atoms with Crippen LogP contribution < -0.4 is 9.47 Å². The van der Waals surface area contributed by atoms with Crippen molar-refractivity contribution in [2.45, 2.75) is 0 Å².